The van der Waals surface area contributed by atoms with Gasteiger partial charge in [0.25, 0.3) is 5.91 Å². The summed E-state index contributed by atoms with van der Waals surface area (Å²) in [5.41, 5.74) is 1.33. The van der Waals surface area contributed by atoms with E-state index in [2.05, 4.69) is 15.6 Å². The van der Waals surface area contributed by atoms with Crippen molar-refractivity contribution in [1.82, 2.24) is 10.3 Å². The maximum atomic E-state index is 12.7. The zero-order valence-corrected chi connectivity index (χ0v) is 17.6. The number of benzene rings is 1. The van der Waals surface area contributed by atoms with Crippen LogP contribution in [0.25, 0.3) is 0 Å². The van der Waals surface area contributed by atoms with Crippen molar-refractivity contribution in [3.63, 3.8) is 0 Å². The Bertz CT molecular complexity index is 997. The Balaban J connectivity index is 1.44. The summed E-state index contributed by atoms with van der Waals surface area (Å²) in [5.74, 6) is 0.208. The molecular formula is C21H21N3O3S2. The van der Waals surface area contributed by atoms with Crippen molar-refractivity contribution >= 4 is 39.6 Å². The standard InChI is InChI=1S/C21H21N3O3S2/c1-27-14-9-7-13(8-10-14)19(25)24-21-23-18-16(5-2-6-17(18)29-21)20(26)22-12-15-4-3-11-28-15/h3-4,7-11,16H,2,5-6,12H2,1H3,(H,22,26)(H,23,24,25). The number of aryl methyl sites for hydroxylation is 1. The number of ether oxygens (including phenoxy) is 1. The second-order valence-electron chi connectivity index (χ2n) is 6.75. The first kappa shape index (κ1) is 19.6. The van der Waals surface area contributed by atoms with Crippen molar-refractivity contribution in [2.45, 2.75) is 31.7 Å². The number of hydrogen-bond donors (Lipinski definition) is 2. The van der Waals surface area contributed by atoms with Crippen LogP contribution < -0.4 is 15.4 Å². The first-order valence-corrected chi connectivity index (χ1v) is 11.1. The number of carbonyl (C=O) groups is 2. The molecule has 0 spiro atoms. The molecule has 2 N–H and O–H groups in total. The highest BCUT2D eigenvalue weighted by Gasteiger charge is 2.30. The summed E-state index contributed by atoms with van der Waals surface area (Å²) in [6.45, 7) is 0.535. The van der Waals surface area contributed by atoms with Gasteiger partial charge in [-0.05, 0) is 55.0 Å². The van der Waals surface area contributed by atoms with Crippen LogP contribution in [0.5, 0.6) is 5.75 Å². The average molecular weight is 428 g/mol. The van der Waals surface area contributed by atoms with Crippen LogP contribution in [0.2, 0.25) is 0 Å². The van der Waals surface area contributed by atoms with Crippen molar-refractivity contribution in [3.05, 3.63) is 62.8 Å². The van der Waals surface area contributed by atoms with Crippen molar-refractivity contribution in [2.24, 2.45) is 0 Å². The second-order valence-corrected chi connectivity index (χ2v) is 8.87. The number of fused-ring (bicyclic) bond motifs is 1. The van der Waals surface area contributed by atoms with E-state index < -0.39 is 0 Å². The van der Waals surface area contributed by atoms with Crippen LogP contribution in [0.4, 0.5) is 5.13 Å². The average Bonchev–Trinajstić information content (AvgIpc) is 3.41. The van der Waals surface area contributed by atoms with Crippen molar-refractivity contribution < 1.29 is 14.3 Å². The Hall–Kier alpha value is -2.71. The first-order valence-electron chi connectivity index (χ1n) is 9.39. The highest BCUT2D eigenvalue weighted by Crippen LogP contribution is 2.37. The highest BCUT2D eigenvalue weighted by atomic mass is 32.1. The summed E-state index contributed by atoms with van der Waals surface area (Å²) in [6, 6.07) is 10.9. The topological polar surface area (TPSA) is 80.3 Å². The zero-order chi connectivity index (χ0) is 20.2. The highest BCUT2D eigenvalue weighted by molar-refractivity contribution is 7.16. The van der Waals surface area contributed by atoms with Gasteiger partial charge in [0.05, 0.1) is 25.3 Å². The summed E-state index contributed by atoms with van der Waals surface area (Å²) in [5, 5.41) is 8.42. The van der Waals surface area contributed by atoms with Gasteiger partial charge in [0.2, 0.25) is 5.91 Å². The van der Waals surface area contributed by atoms with Crippen LogP contribution in [-0.2, 0) is 17.8 Å². The van der Waals surface area contributed by atoms with Gasteiger partial charge >= 0.3 is 0 Å². The minimum absolute atomic E-state index is 0.00215. The van der Waals surface area contributed by atoms with E-state index in [9.17, 15) is 9.59 Å². The SMILES string of the molecule is COc1ccc(C(=O)Nc2nc3c(s2)CCCC3C(=O)NCc2cccs2)cc1. The third-order valence-corrected chi connectivity index (χ3v) is 6.78. The Kier molecular flexibility index (Phi) is 5.92. The summed E-state index contributed by atoms with van der Waals surface area (Å²) < 4.78 is 5.12. The minimum Gasteiger partial charge on any atom is -0.497 e. The van der Waals surface area contributed by atoms with Gasteiger partial charge in [-0.1, -0.05) is 6.07 Å². The van der Waals surface area contributed by atoms with Gasteiger partial charge in [-0.3, -0.25) is 14.9 Å². The van der Waals surface area contributed by atoms with Gasteiger partial charge in [0, 0.05) is 15.3 Å². The maximum absolute atomic E-state index is 12.7. The van der Waals surface area contributed by atoms with E-state index in [1.54, 1.807) is 42.7 Å². The molecule has 1 unspecified atom stereocenters. The van der Waals surface area contributed by atoms with Crippen LogP contribution >= 0.6 is 22.7 Å². The monoisotopic (exact) mass is 427 g/mol. The minimum atomic E-state index is -0.262. The fourth-order valence-electron chi connectivity index (χ4n) is 3.35. The largest absolute Gasteiger partial charge is 0.497 e. The van der Waals surface area contributed by atoms with E-state index in [0.717, 1.165) is 34.7 Å². The molecule has 1 aliphatic carbocycles. The molecule has 4 rings (SSSR count). The fraction of sp³-hybridized carbons (Fsp3) is 0.286. The first-order chi connectivity index (χ1) is 14.1. The van der Waals surface area contributed by atoms with E-state index in [4.69, 9.17) is 4.74 Å². The van der Waals surface area contributed by atoms with E-state index in [-0.39, 0.29) is 17.7 Å². The summed E-state index contributed by atoms with van der Waals surface area (Å²) >= 11 is 3.08. The summed E-state index contributed by atoms with van der Waals surface area (Å²) in [6.07, 6.45) is 2.61. The maximum Gasteiger partial charge on any atom is 0.257 e. The number of amides is 2. The van der Waals surface area contributed by atoms with Crippen molar-refractivity contribution in [1.29, 1.82) is 0 Å². The number of nitrogens with one attached hydrogen (secondary N) is 2. The molecule has 0 bridgehead atoms. The Morgan fingerprint density at radius 2 is 2.07 bits per heavy atom. The molecule has 2 amide bonds. The lowest BCUT2D eigenvalue weighted by atomic mass is 9.90. The number of hydrogen-bond acceptors (Lipinski definition) is 6. The third kappa shape index (κ3) is 4.49. The van der Waals surface area contributed by atoms with Gasteiger partial charge in [-0.25, -0.2) is 4.98 Å². The Morgan fingerprint density at radius 3 is 2.79 bits per heavy atom. The van der Waals surface area contributed by atoms with Crippen molar-refractivity contribution in [3.8, 4) is 5.75 Å². The molecule has 2 heterocycles. The lowest BCUT2D eigenvalue weighted by Gasteiger charge is -2.20. The molecule has 0 fully saturated rings. The lowest BCUT2D eigenvalue weighted by Crippen LogP contribution is -2.30. The molecule has 1 aliphatic rings. The number of thiazole rings is 1. The fourth-order valence-corrected chi connectivity index (χ4v) is 5.05. The molecule has 1 aromatic carbocycles. The van der Waals surface area contributed by atoms with Gasteiger partial charge in [-0.15, -0.1) is 22.7 Å². The molecule has 0 radical (unpaired) electrons. The molecule has 6 nitrogen and oxygen atoms in total. The van der Waals surface area contributed by atoms with Crippen LogP contribution in [-0.4, -0.2) is 23.9 Å². The van der Waals surface area contributed by atoms with Crippen LogP contribution in [0.1, 0.15) is 44.6 Å². The quantitative estimate of drug-likeness (QED) is 0.618. The lowest BCUT2D eigenvalue weighted by molar-refractivity contribution is -0.123. The Morgan fingerprint density at radius 1 is 1.24 bits per heavy atom. The number of nitrogens with zero attached hydrogens (tertiary/aromatic N) is 1. The number of carbonyl (C=O) groups excluding carboxylic acids is 2. The molecule has 29 heavy (non-hydrogen) atoms. The summed E-state index contributed by atoms with van der Waals surface area (Å²) in [4.78, 5) is 32.0. The van der Waals surface area contributed by atoms with E-state index >= 15 is 0 Å². The molecular weight excluding hydrogens is 406 g/mol. The smallest absolute Gasteiger partial charge is 0.257 e. The van der Waals surface area contributed by atoms with Gasteiger partial charge in [0.15, 0.2) is 5.13 Å². The molecule has 0 aliphatic heterocycles. The number of aromatic nitrogens is 1. The number of methoxy groups -OCH3 is 1. The number of rotatable bonds is 6. The molecule has 2 aromatic heterocycles. The molecule has 3 aromatic rings. The molecule has 1 atom stereocenters. The zero-order valence-electron chi connectivity index (χ0n) is 15.9. The Labute approximate surface area is 176 Å². The van der Waals surface area contributed by atoms with Gasteiger partial charge < -0.3 is 10.1 Å². The third-order valence-electron chi connectivity index (χ3n) is 4.86. The van der Waals surface area contributed by atoms with Crippen LogP contribution in [0.15, 0.2) is 41.8 Å². The number of thiophene rings is 1. The predicted octanol–water partition coefficient (Wildman–Crippen LogP) is 4.20. The normalized spacial score (nSPS) is 15.4. The molecule has 0 saturated heterocycles. The van der Waals surface area contributed by atoms with Gasteiger partial charge in [0.1, 0.15) is 5.75 Å². The molecule has 8 heteroatoms. The predicted molar refractivity (Wildman–Crippen MR) is 115 cm³/mol. The van der Waals surface area contributed by atoms with Crippen LogP contribution in [0.3, 0.4) is 0 Å². The van der Waals surface area contributed by atoms with E-state index in [1.807, 2.05) is 17.5 Å². The molecule has 0 saturated carbocycles. The summed E-state index contributed by atoms with van der Waals surface area (Å²) in [7, 11) is 1.59. The van der Waals surface area contributed by atoms with Crippen molar-refractivity contribution in [2.75, 3.05) is 12.4 Å². The van der Waals surface area contributed by atoms with Gasteiger partial charge in [-0.2, -0.15) is 0 Å². The number of anilines is 1. The van der Waals surface area contributed by atoms with Crippen LogP contribution in [0, 0.1) is 0 Å². The van der Waals surface area contributed by atoms with E-state index in [1.165, 1.54) is 11.3 Å². The van der Waals surface area contributed by atoms with E-state index in [0.29, 0.717) is 23.0 Å². The second kappa shape index (κ2) is 8.75. The molecule has 150 valence electrons.